The Morgan fingerprint density at radius 3 is 2.19 bits per heavy atom. The molecule has 0 amide bonds. The van der Waals surface area contributed by atoms with E-state index in [1.807, 2.05) is 0 Å². The van der Waals surface area contributed by atoms with Gasteiger partial charge >= 0.3 is 12.1 Å². The molecular weight excluding hydrogens is 287 g/mol. The minimum atomic E-state index is -4.39. The minimum Gasteiger partial charge on any atom is -0.477 e. The second-order valence-corrected chi connectivity index (χ2v) is 4.40. The van der Waals surface area contributed by atoms with Gasteiger partial charge in [0, 0.05) is 12.1 Å². The van der Waals surface area contributed by atoms with Crippen molar-refractivity contribution in [2.75, 3.05) is 0 Å². The highest BCUT2D eigenvalue weighted by atomic mass is 19.4. The standard InChI is InChI=1S/C14H10F3NO3/c15-14(16,17)9-3-1-8(2-4-9)7-10-5-6-11(13(20)21)12(19)18-10/h1-6H,7H2,(H,18,19)(H,20,21). The highest BCUT2D eigenvalue weighted by Crippen LogP contribution is 2.29. The average Bonchev–Trinajstić information content (AvgIpc) is 2.38. The Hall–Kier alpha value is -2.57. The Kier molecular flexibility index (Phi) is 3.84. The molecule has 0 unspecified atom stereocenters. The van der Waals surface area contributed by atoms with Crippen molar-refractivity contribution >= 4 is 5.97 Å². The first kappa shape index (κ1) is 14.8. The molecule has 0 saturated heterocycles. The molecule has 0 fully saturated rings. The number of pyridine rings is 1. The van der Waals surface area contributed by atoms with Crippen LogP contribution in [-0.4, -0.2) is 16.1 Å². The van der Waals surface area contributed by atoms with E-state index in [1.54, 1.807) is 0 Å². The number of alkyl halides is 3. The van der Waals surface area contributed by atoms with Gasteiger partial charge in [0.05, 0.1) is 5.56 Å². The molecule has 0 saturated carbocycles. The number of benzene rings is 1. The van der Waals surface area contributed by atoms with E-state index in [2.05, 4.69) is 4.98 Å². The number of carboxylic acid groups (broad SMARTS) is 1. The molecule has 0 radical (unpaired) electrons. The number of hydrogen-bond donors (Lipinski definition) is 2. The molecule has 2 N–H and O–H groups in total. The fourth-order valence-corrected chi connectivity index (χ4v) is 1.82. The lowest BCUT2D eigenvalue weighted by Gasteiger charge is -2.07. The molecule has 0 aliphatic heterocycles. The second kappa shape index (κ2) is 5.43. The summed E-state index contributed by atoms with van der Waals surface area (Å²) >= 11 is 0. The first-order chi connectivity index (χ1) is 9.77. The highest BCUT2D eigenvalue weighted by molar-refractivity contribution is 5.86. The van der Waals surface area contributed by atoms with Gasteiger partial charge in [-0.2, -0.15) is 13.2 Å². The monoisotopic (exact) mass is 297 g/mol. The summed E-state index contributed by atoms with van der Waals surface area (Å²) in [7, 11) is 0. The fraction of sp³-hybridized carbons (Fsp3) is 0.143. The van der Waals surface area contributed by atoms with Gasteiger partial charge in [0.2, 0.25) is 0 Å². The van der Waals surface area contributed by atoms with Gasteiger partial charge in [-0.3, -0.25) is 4.79 Å². The van der Waals surface area contributed by atoms with Gasteiger partial charge in [0.15, 0.2) is 0 Å². The molecule has 2 aromatic rings. The number of carboxylic acids is 1. The molecule has 1 heterocycles. The zero-order valence-corrected chi connectivity index (χ0v) is 10.6. The van der Waals surface area contributed by atoms with Crippen molar-refractivity contribution in [3.63, 3.8) is 0 Å². The molecule has 4 nitrogen and oxygen atoms in total. The molecule has 0 atom stereocenters. The van der Waals surface area contributed by atoms with Crippen LogP contribution in [0, 0.1) is 0 Å². The van der Waals surface area contributed by atoms with Crippen molar-refractivity contribution in [2.45, 2.75) is 12.6 Å². The summed E-state index contributed by atoms with van der Waals surface area (Å²) in [5, 5.41) is 8.73. The van der Waals surface area contributed by atoms with Crippen LogP contribution in [0.1, 0.15) is 27.2 Å². The second-order valence-electron chi connectivity index (χ2n) is 4.40. The maximum Gasteiger partial charge on any atom is 0.416 e. The van der Waals surface area contributed by atoms with E-state index >= 15 is 0 Å². The summed E-state index contributed by atoms with van der Waals surface area (Å²) in [4.78, 5) is 24.6. The van der Waals surface area contributed by atoms with Crippen molar-refractivity contribution in [2.24, 2.45) is 0 Å². The minimum absolute atomic E-state index is 0.202. The smallest absolute Gasteiger partial charge is 0.416 e. The predicted molar refractivity (Wildman–Crippen MR) is 68.3 cm³/mol. The van der Waals surface area contributed by atoms with Crippen molar-refractivity contribution in [3.05, 3.63) is 69.1 Å². The first-order valence-electron chi connectivity index (χ1n) is 5.89. The summed E-state index contributed by atoms with van der Waals surface area (Å²) in [5.74, 6) is -1.34. The number of aromatic amines is 1. The van der Waals surface area contributed by atoms with Crippen LogP contribution in [0.5, 0.6) is 0 Å². The largest absolute Gasteiger partial charge is 0.477 e. The van der Waals surface area contributed by atoms with E-state index in [0.29, 0.717) is 11.3 Å². The van der Waals surface area contributed by atoms with E-state index in [4.69, 9.17) is 5.11 Å². The van der Waals surface area contributed by atoms with Crippen LogP contribution in [0.25, 0.3) is 0 Å². The van der Waals surface area contributed by atoms with E-state index in [-0.39, 0.29) is 12.0 Å². The van der Waals surface area contributed by atoms with Gasteiger partial charge in [0.1, 0.15) is 5.56 Å². The summed E-state index contributed by atoms with van der Waals surface area (Å²) < 4.78 is 37.2. The molecule has 1 aromatic carbocycles. The van der Waals surface area contributed by atoms with Gasteiger partial charge in [-0.05, 0) is 29.8 Å². The van der Waals surface area contributed by atoms with E-state index < -0.39 is 23.3 Å². The summed E-state index contributed by atoms with van der Waals surface area (Å²) in [6.45, 7) is 0. The Balaban J connectivity index is 2.21. The van der Waals surface area contributed by atoms with Gasteiger partial charge in [-0.25, -0.2) is 4.79 Å². The summed E-state index contributed by atoms with van der Waals surface area (Å²) in [6.07, 6.45) is -4.19. The third-order valence-electron chi connectivity index (χ3n) is 2.88. The van der Waals surface area contributed by atoms with Crippen LogP contribution in [-0.2, 0) is 12.6 Å². The van der Waals surface area contributed by atoms with Crippen LogP contribution in [0.4, 0.5) is 13.2 Å². The Morgan fingerprint density at radius 2 is 1.71 bits per heavy atom. The molecule has 2 rings (SSSR count). The zero-order valence-electron chi connectivity index (χ0n) is 10.6. The third-order valence-corrected chi connectivity index (χ3v) is 2.88. The number of aromatic carboxylic acids is 1. The number of H-pyrrole nitrogens is 1. The van der Waals surface area contributed by atoms with Crippen LogP contribution >= 0.6 is 0 Å². The lowest BCUT2D eigenvalue weighted by molar-refractivity contribution is -0.137. The molecule has 110 valence electrons. The molecular formula is C14H10F3NO3. The molecule has 0 aliphatic carbocycles. The molecule has 7 heteroatoms. The summed E-state index contributed by atoms with van der Waals surface area (Å²) in [5.41, 5.74) is -0.884. The average molecular weight is 297 g/mol. The maximum atomic E-state index is 12.4. The number of hydrogen-bond acceptors (Lipinski definition) is 2. The number of halogens is 3. The maximum absolute atomic E-state index is 12.4. The Bertz CT molecular complexity index is 717. The van der Waals surface area contributed by atoms with E-state index in [1.165, 1.54) is 24.3 Å². The van der Waals surface area contributed by atoms with E-state index in [9.17, 15) is 22.8 Å². The summed E-state index contributed by atoms with van der Waals surface area (Å²) in [6, 6.07) is 7.12. The van der Waals surface area contributed by atoms with Crippen molar-refractivity contribution in [1.29, 1.82) is 0 Å². The lowest BCUT2D eigenvalue weighted by atomic mass is 10.1. The molecule has 21 heavy (non-hydrogen) atoms. The normalized spacial score (nSPS) is 11.4. The van der Waals surface area contributed by atoms with Crippen molar-refractivity contribution in [3.8, 4) is 0 Å². The van der Waals surface area contributed by atoms with Gasteiger partial charge in [0.25, 0.3) is 5.56 Å². The Morgan fingerprint density at radius 1 is 1.10 bits per heavy atom. The topological polar surface area (TPSA) is 70.2 Å². The predicted octanol–water partition coefficient (Wildman–Crippen LogP) is 2.68. The first-order valence-corrected chi connectivity index (χ1v) is 5.89. The molecule has 0 aliphatic rings. The Labute approximate surface area is 116 Å². The van der Waals surface area contributed by atoms with Crippen LogP contribution in [0.15, 0.2) is 41.2 Å². The molecule has 0 spiro atoms. The number of carbonyl (C=O) groups is 1. The zero-order chi connectivity index (χ0) is 15.6. The quantitative estimate of drug-likeness (QED) is 0.915. The lowest BCUT2D eigenvalue weighted by Crippen LogP contribution is -2.18. The SMILES string of the molecule is O=C(O)c1ccc(Cc2ccc(C(F)(F)F)cc2)[nH]c1=O. The van der Waals surface area contributed by atoms with Crippen LogP contribution in [0.3, 0.4) is 0 Å². The number of nitrogens with one attached hydrogen (secondary N) is 1. The third kappa shape index (κ3) is 3.50. The number of aromatic nitrogens is 1. The molecule has 0 bridgehead atoms. The molecule has 1 aromatic heterocycles. The highest BCUT2D eigenvalue weighted by Gasteiger charge is 2.29. The number of rotatable bonds is 3. The van der Waals surface area contributed by atoms with Crippen LogP contribution in [0.2, 0.25) is 0 Å². The van der Waals surface area contributed by atoms with Gasteiger partial charge in [-0.15, -0.1) is 0 Å². The van der Waals surface area contributed by atoms with E-state index in [0.717, 1.165) is 12.1 Å². The van der Waals surface area contributed by atoms with Gasteiger partial charge in [-0.1, -0.05) is 12.1 Å². The van der Waals surface area contributed by atoms with Crippen LogP contribution < -0.4 is 5.56 Å². The fourth-order valence-electron chi connectivity index (χ4n) is 1.82. The van der Waals surface area contributed by atoms with Crippen molar-refractivity contribution < 1.29 is 23.1 Å². The van der Waals surface area contributed by atoms with Gasteiger partial charge < -0.3 is 10.1 Å². The van der Waals surface area contributed by atoms with Crippen molar-refractivity contribution in [1.82, 2.24) is 4.98 Å².